The number of rotatable bonds is 3. The van der Waals surface area contributed by atoms with Crippen LogP contribution in [0.2, 0.25) is 0 Å². The number of halogens is 1. The van der Waals surface area contributed by atoms with Crippen molar-refractivity contribution in [2.75, 3.05) is 13.3 Å². The summed E-state index contributed by atoms with van der Waals surface area (Å²) in [7, 11) is 0. The third kappa shape index (κ3) is 2.34. The lowest BCUT2D eigenvalue weighted by atomic mass is 10.00. The molecule has 0 unspecified atom stereocenters. The first-order valence-electron chi connectivity index (χ1n) is 5.82. The number of nitrogens with zero attached hydrogens (tertiary/aromatic N) is 1. The minimum absolute atomic E-state index is 0.264. The summed E-state index contributed by atoms with van der Waals surface area (Å²) in [6, 6.07) is 0. The summed E-state index contributed by atoms with van der Waals surface area (Å²) < 4.78 is 19.1. The van der Waals surface area contributed by atoms with Gasteiger partial charge in [0.1, 0.15) is 6.10 Å². The highest BCUT2D eigenvalue weighted by Gasteiger charge is 2.44. The second kappa shape index (κ2) is 5.24. The first kappa shape index (κ1) is 13.9. The molecular formula is C11H15FN2O5. The normalized spacial score (nSPS) is 30.7. The summed E-state index contributed by atoms with van der Waals surface area (Å²) >= 11 is 0. The van der Waals surface area contributed by atoms with Crippen molar-refractivity contribution in [1.29, 1.82) is 0 Å². The van der Waals surface area contributed by atoms with Gasteiger partial charge in [-0.15, -0.1) is 0 Å². The molecule has 1 aliphatic heterocycles. The van der Waals surface area contributed by atoms with Crippen LogP contribution in [0.15, 0.2) is 15.8 Å². The zero-order valence-electron chi connectivity index (χ0n) is 10.2. The Bertz CT molecular complexity index is 569. The number of aryl methyl sites for hydroxylation is 1. The molecule has 1 aliphatic rings. The van der Waals surface area contributed by atoms with Crippen molar-refractivity contribution in [3.8, 4) is 0 Å². The number of hydrogen-bond acceptors (Lipinski definition) is 5. The van der Waals surface area contributed by atoms with Crippen molar-refractivity contribution in [2.24, 2.45) is 5.92 Å². The van der Waals surface area contributed by atoms with Gasteiger partial charge in [-0.2, -0.15) is 0 Å². The smallest absolute Gasteiger partial charge is 0.330 e. The SMILES string of the molecule is Cc1cn([C@@H]2O[C@H](CO)[C@@H](CF)[C@H]2O)c(=O)[nH]c1=O. The van der Waals surface area contributed by atoms with Gasteiger partial charge in [-0.25, -0.2) is 4.79 Å². The van der Waals surface area contributed by atoms with Crippen LogP contribution in [0.25, 0.3) is 0 Å². The van der Waals surface area contributed by atoms with Crippen molar-refractivity contribution in [1.82, 2.24) is 9.55 Å². The van der Waals surface area contributed by atoms with Gasteiger partial charge in [-0.05, 0) is 6.92 Å². The van der Waals surface area contributed by atoms with Crippen LogP contribution in [0.1, 0.15) is 11.8 Å². The molecule has 0 radical (unpaired) electrons. The van der Waals surface area contributed by atoms with Gasteiger partial charge in [-0.1, -0.05) is 0 Å². The fourth-order valence-corrected chi connectivity index (χ4v) is 2.17. The van der Waals surface area contributed by atoms with E-state index in [1.54, 1.807) is 0 Å². The summed E-state index contributed by atoms with van der Waals surface area (Å²) in [5.74, 6) is -0.908. The molecule has 0 aromatic carbocycles. The number of aliphatic hydroxyl groups excluding tert-OH is 2. The zero-order valence-corrected chi connectivity index (χ0v) is 10.2. The first-order chi connectivity index (χ1) is 8.99. The van der Waals surface area contributed by atoms with Crippen LogP contribution < -0.4 is 11.2 Å². The summed E-state index contributed by atoms with van der Waals surface area (Å²) in [6.07, 6.45) is -2.04. The molecule has 0 amide bonds. The van der Waals surface area contributed by atoms with Gasteiger partial charge in [-0.3, -0.25) is 18.7 Å². The number of H-pyrrole nitrogens is 1. The van der Waals surface area contributed by atoms with Crippen molar-refractivity contribution in [3.63, 3.8) is 0 Å². The minimum atomic E-state index is -1.27. The summed E-state index contributed by atoms with van der Waals surface area (Å²) in [4.78, 5) is 25.0. The van der Waals surface area contributed by atoms with Gasteiger partial charge >= 0.3 is 5.69 Å². The van der Waals surface area contributed by atoms with E-state index in [0.29, 0.717) is 0 Å². The second-order valence-corrected chi connectivity index (χ2v) is 4.54. The second-order valence-electron chi connectivity index (χ2n) is 4.54. The Labute approximate surface area is 107 Å². The molecule has 1 aromatic rings. The molecule has 8 heteroatoms. The number of ether oxygens (including phenoxy) is 1. The Morgan fingerprint density at radius 2 is 2.21 bits per heavy atom. The van der Waals surface area contributed by atoms with E-state index in [9.17, 15) is 19.1 Å². The molecule has 1 aromatic heterocycles. The molecular weight excluding hydrogens is 259 g/mol. The Balaban J connectivity index is 2.41. The van der Waals surface area contributed by atoms with Crippen LogP contribution in [0.3, 0.4) is 0 Å². The molecule has 0 bridgehead atoms. The molecule has 106 valence electrons. The van der Waals surface area contributed by atoms with Gasteiger partial charge < -0.3 is 14.9 Å². The van der Waals surface area contributed by atoms with E-state index in [-0.39, 0.29) is 5.56 Å². The molecule has 2 rings (SSSR count). The fourth-order valence-electron chi connectivity index (χ4n) is 2.17. The Hall–Kier alpha value is -1.51. The van der Waals surface area contributed by atoms with Crippen LogP contribution >= 0.6 is 0 Å². The number of alkyl halides is 1. The molecule has 2 heterocycles. The van der Waals surface area contributed by atoms with Crippen molar-refractivity contribution in [2.45, 2.75) is 25.4 Å². The molecule has 3 N–H and O–H groups in total. The standard InChI is InChI=1S/C11H15FN2O5/c1-5-3-14(11(18)13-9(5)17)10-8(16)6(2-12)7(4-15)19-10/h3,6-8,10,15-16H,2,4H2,1H3,(H,13,17,18)/t6-,7-,8-,10-/m1/s1. The fraction of sp³-hybridized carbons (Fsp3) is 0.636. The molecule has 1 fully saturated rings. The molecule has 7 nitrogen and oxygen atoms in total. The van der Waals surface area contributed by atoms with Crippen molar-refractivity contribution < 1.29 is 19.3 Å². The van der Waals surface area contributed by atoms with E-state index in [2.05, 4.69) is 4.98 Å². The number of hydrogen-bond donors (Lipinski definition) is 3. The van der Waals surface area contributed by atoms with E-state index in [4.69, 9.17) is 9.84 Å². The average molecular weight is 274 g/mol. The van der Waals surface area contributed by atoms with E-state index >= 15 is 0 Å². The van der Waals surface area contributed by atoms with Crippen LogP contribution in [0.5, 0.6) is 0 Å². The van der Waals surface area contributed by atoms with Gasteiger partial charge in [0.05, 0.1) is 19.4 Å². The molecule has 19 heavy (non-hydrogen) atoms. The third-order valence-electron chi connectivity index (χ3n) is 3.30. The quantitative estimate of drug-likeness (QED) is 0.634. The highest BCUT2D eigenvalue weighted by atomic mass is 19.1. The van der Waals surface area contributed by atoms with Crippen LogP contribution in [-0.4, -0.2) is 45.3 Å². The van der Waals surface area contributed by atoms with E-state index < -0.39 is 48.9 Å². The summed E-state index contributed by atoms with van der Waals surface area (Å²) in [6.45, 7) is 0.158. The topological polar surface area (TPSA) is 105 Å². The number of aromatic nitrogens is 2. The largest absolute Gasteiger partial charge is 0.394 e. The molecule has 1 saturated heterocycles. The van der Waals surface area contributed by atoms with E-state index in [1.165, 1.54) is 13.1 Å². The van der Waals surface area contributed by atoms with Gasteiger partial charge in [0, 0.05) is 17.7 Å². The lowest BCUT2D eigenvalue weighted by Crippen LogP contribution is -2.37. The number of aromatic amines is 1. The molecule has 0 aliphatic carbocycles. The highest BCUT2D eigenvalue weighted by molar-refractivity contribution is 5.03. The van der Waals surface area contributed by atoms with Crippen molar-refractivity contribution >= 4 is 0 Å². The van der Waals surface area contributed by atoms with Crippen LogP contribution in [0.4, 0.5) is 4.39 Å². The van der Waals surface area contributed by atoms with Crippen LogP contribution in [-0.2, 0) is 4.74 Å². The number of nitrogens with one attached hydrogen (secondary N) is 1. The predicted octanol–water partition coefficient (Wildman–Crippen LogP) is -1.32. The lowest BCUT2D eigenvalue weighted by Gasteiger charge is -2.18. The summed E-state index contributed by atoms with van der Waals surface area (Å²) in [5, 5.41) is 19.0. The molecule has 0 spiro atoms. The Morgan fingerprint density at radius 1 is 1.53 bits per heavy atom. The molecule has 0 saturated carbocycles. The Kier molecular flexibility index (Phi) is 3.83. The highest BCUT2D eigenvalue weighted by Crippen LogP contribution is 2.33. The maximum atomic E-state index is 12.8. The Morgan fingerprint density at radius 3 is 2.74 bits per heavy atom. The van der Waals surface area contributed by atoms with Gasteiger partial charge in [0.15, 0.2) is 6.23 Å². The zero-order chi connectivity index (χ0) is 14.2. The maximum absolute atomic E-state index is 12.8. The van der Waals surface area contributed by atoms with Crippen LogP contribution in [0, 0.1) is 12.8 Å². The predicted molar refractivity (Wildman–Crippen MR) is 62.5 cm³/mol. The maximum Gasteiger partial charge on any atom is 0.330 e. The average Bonchev–Trinajstić information content (AvgIpc) is 2.70. The minimum Gasteiger partial charge on any atom is -0.394 e. The lowest BCUT2D eigenvalue weighted by molar-refractivity contribution is -0.0537. The van der Waals surface area contributed by atoms with E-state index in [1.807, 2.05) is 0 Å². The number of aliphatic hydroxyl groups is 2. The first-order valence-corrected chi connectivity index (χ1v) is 5.82. The monoisotopic (exact) mass is 274 g/mol. The molecule has 4 atom stereocenters. The van der Waals surface area contributed by atoms with E-state index in [0.717, 1.165) is 4.57 Å². The third-order valence-corrected chi connectivity index (χ3v) is 3.30. The summed E-state index contributed by atoms with van der Waals surface area (Å²) in [5.41, 5.74) is -1.02. The van der Waals surface area contributed by atoms with Crippen molar-refractivity contribution in [3.05, 3.63) is 32.6 Å². The van der Waals surface area contributed by atoms with Gasteiger partial charge in [0.2, 0.25) is 0 Å². The van der Waals surface area contributed by atoms with Gasteiger partial charge in [0.25, 0.3) is 5.56 Å².